The molecular weight excluding hydrogens is 200 g/mol. The van der Waals surface area contributed by atoms with Crippen LogP contribution in [0.5, 0.6) is 0 Å². The van der Waals surface area contributed by atoms with E-state index in [-0.39, 0.29) is 5.41 Å². The number of benzene rings is 1. The van der Waals surface area contributed by atoms with Crippen LogP contribution in [-0.2, 0) is 5.41 Å². The lowest BCUT2D eigenvalue weighted by Gasteiger charge is -2.28. The molecule has 3 nitrogen and oxygen atoms in total. The van der Waals surface area contributed by atoms with Crippen LogP contribution < -0.4 is 0 Å². The standard InChI is InChI=1S/C13H18N2O/c1-4-9-13(3,5-2)10-7-6-8-11-12(10)15-16-14-11/h6-8H,4-5,9H2,1-3H3. The van der Waals surface area contributed by atoms with Crippen LogP contribution in [0.15, 0.2) is 22.8 Å². The average molecular weight is 218 g/mol. The molecule has 1 heterocycles. The Balaban J connectivity index is 2.56. The number of fused-ring (bicyclic) bond motifs is 1. The third-order valence-corrected chi connectivity index (χ3v) is 3.52. The molecule has 0 fully saturated rings. The van der Waals surface area contributed by atoms with Gasteiger partial charge in [0.2, 0.25) is 0 Å². The lowest BCUT2D eigenvalue weighted by molar-refractivity contribution is 0.314. The van der Waals surface area contributed by atoms with E-state index in [2.05, 4.69) is 37.2 Å². The zero-order valence-electron chi connectivity index (χ0n) is 10.2. The van der Waals surface area contributed by atoms with E-state index >= 15 is 0 Å². The van der Waals surface area contributed by atoms with Crippen LogP contribution in [0, 0.1) is 0 Å². The maximum absolute atomic E-state index is 4.82. The molecule has 0 spiro atoms. The minimum absolute atomic E-state index is 0.173. The Morgan fingerprint density at radius 1 is 1.25 bits per heavy atom. The predicted octanol–water partition coefficient (Wildman–Crippen LogP) is 3.69. The smallest absolute Gasteiger partial charge is 0.138 e. The Morgan fingerprint density at radius 2 is 2.06 bits per heavy atom. The quantitative estimate of drug-likeness (QED) is 0.785. The largest absolute Gasteiger partial charge is 0.243 e. The molecule has 16 heavy (non-hydrogen) atoms. The van der Waals surface area contributed by atoms with Gasteiger partial charge in [0.15, 0.2) is 0 Å². The summed E-state index contributed by atoms with van der Waals surface area (Å²) in [5, 5.41) is 7.93. The summed E-state index contributed by atoms with van der Waals surface area (Å²) in [4.78, 5) is 0. The molecular formula is C13H18N2O. The fourth-order valence-corrected chi connectivity index (χ4v) is 2.35. The van der Waals surface area contributed by atoms with Gasteiger partial charge < -0.3 is 0 Å². The number of aromatic nitrogens is 2. The monoisotopic (exact) mass is 218 g/mol. The predicted molar refractivity (Wildman–Crippen MR) is 64.4 cm³/mol. The van der Waals surface area contributed by atoms with Gasteiger partial charge in [-0.2, -0.15) is 0 Å². The van der Waals surface area contributed by atoms with Crippen LogP contribution in [0.1, 0.15) is 45.6 Å². The van der Waals surface area contributed by atoms with Gasteiger partial charge in [-0.3, -0.25) is 0 Å². The van der Waals surface area contributed by atoms with E-state index in [0.717, 1.165) is 23.9 Å². The molecule has 1 unspecified atom stereocenters. The van der Waals surface area contributed by atoms with Crippen LogP contribution in [0.25, 0.3) is 11.0 Å². The highest BCUT2D eigenvalue weighted by Gasteiger charge is 2.26. The molecule has 0 aliphatic heterocycles. The van der Waals surface area contributed by atoms with Gasteiger partial charge in [-0.25, -0.2) is 4.63 Å². The maximum Gasteiger partial charge on any atom is 0.138 e. The summed E-state index contributed by atoms with van der Waals surface area (Å²) in [6.45, 7) is 6.73. The van der Waals surface area contributed by atoms with Gasteiger partial charge in [0, 0.05) is 0 Å². The maximum atomic E-state index is 4.82. The second-order valence-corrected chi connectivity index (χ2v) is 4.60. The van der Waals surface area contributed by atoms with Gasteiger partial charge in [0.1, 0.15) is 11.0 Å². The molecule has 1 atom stereocenters. The van der Waals surface area contributed by atoms with Gasteiger partial charge in [-0.15, -0.1) is 0 Å². The first-order valence-electron chi connectivity index (χ1n) is 5.93. The number of rotatable bonds is 4. The zero-order chi connectivity index (χ0) is 11.6. The zero-order valence-corrected chi connectivity index (χ0v) is 10.2. The van der Waals surface area contributed by atoms with Gasteiger partial charge in [0.25, 0.3) is 0 Å². The van der Waals surface area contributed by atoms with E-state index in [1.54, 1.807) is 0 Å². The topological polar surface area (TPSA) is 38.9 Å². The van der Waals surface area contributed by atoms with Crippen LogP contribution in [0.3, 0.4) is 0 Å². The van der Waals surface area contributed by atoms with Crippen LogP contribution >= 0.6 is 0 Å². The molecule has 0 aliphatic rings. The molecule has 0 saturated heterocycles. The second-order valence-electron chi connectivity index (χ2n) is 4.60. The molecule has 2 rings (SSSR count). The van der Waals surface area contributed by atoms with Gasteiger partial charge >= 0.3 is 0 Å². The van der Waals surface area contributed by atoms with Crippen molar-refractivity contribution >= 4 is 11.0 Å². The summed E-state index contributed by atoms with van der Waals surface area (Å²) in [5.74, 6) is 0. The van der Waals surface area contributed by atoms with Crippen molar-refractivity contribution in [1.82, 2.24) is 10.3 Å². The minimum Gasteiger partial charge on any atom is -0.243 e. The Kier molecular flexibility index (Phi) is 2.95. The Morgan fingerprint density at radius 3 is 2.75 bits per heavy atom. The fourth-order valence-electron chi connectivity index (χ4n) is 2.35. The molecule has 1 aromatic carbocycles. The first-order chi connectivity index (χ1) is 7.71. The summed E-state index contributed by atoms with van der Waals surface area (Å²) in [5.41, 5.74) is 3.21. The van der Waals surface area contributed by atoms with Crippen LogP contribution in [0.2, 0.25) is 0 Å². The van der Waals surface area contributed by atoms with Crippen molar-refractivity contribution < 1.29 is 4.63 Å². The highest BCUT2D eigenvalue weighted by Crippen LogP contribution is 2.35. The number of hydrogen-bond donors (Lipinski definition) is 0. The Hall–Kier alpha value is -1.38. The Labute approximate surface area is 95.8 Å². The van der Waals surface area contributed by atoms with E-state index < -0.39 is 0 Å². The molecule has 86 valence electrons. The van der Waals surface area contributed by atoms with Crippen molar-refractivity contribution in [2.24, 2.45) is 0 Å². The SMILES string of the molecule is CCCC(C)(CC)c1cccc2nonc12. The molecule has 0 N–H and O–H groups in total. The number of hydrogen-bond acceptors (Lipinski definition) is 3. The normalized spacial score (nSPS) is 15.2. The van der Waals surface area contributed by atoms with Crippen molar-refractivity contribution in [2.45, 2.75) is 45.4 Å². The fraction of sp³-hybridized carbons (Fsp3) is 0.538. The third-order valence-electron chi connectivity index (χ3n) is 3.52. The minimum atomic E-state index is 0.173. The second kappa shape index (κ2) is 4.24. The first-order valence-corrected chi connectivity index (χ1v) is 5.93. The van der Waals surface area contributed by atoms with Crippen LogP contribution in [-0.4, -0.2) is 10.3 Å². The van der Waals surface area contributed by atoms with Crippen molar-refractivity contribution in [1.29, 1.82) is 0 Å². The van der Waals surface area contributed by atoms with E-state index in [1.165, 1.54) is 12.0 Å². The van der Waals surface area contributed by atoms with Crippen molar-refractivity contribution in [3.8, 4) is 0 Å². The van der Waals surface area contributed by atoms with E-state index in [9.17, 15) is 0 Å². The summed E-state index contributed by atoms with van der Waals surface area (Å²) in [6.07, 6.45) is 3.44. The molecule has 0 bridgehead atoms. The lowest BCUT2D eigenvalue weighted by atomic mass is 9.76. The van der Waals surface area contributed by atoms with E-state index in [0.29, 0.717) is 0 Å². The summed E-state index contributed by atoms with van der Waals surface area (Å²) < 4.78 is 4.82. The highest BCUT2D eigenvalue weighted by molar-refractivity contribution is 5.78. The average Bonchev–Trinajstić information content (AvgIpc) is 2.76. The molecule has 2 aromatic rings. The van der Waals surface area contributed by atoms with Crippen LogP contribution in [0.4, 0.5) is 0 Å². The molecule has 0 radical (unpaired) electrons. The molecule has 0 saturated carbocycles. The van der Waals surface area contributed by atoms with Crippen molar-refractivity contribution in [3.63, 3.8) is 0 Å². The Bertz CT molecular complexity index is 477. The van der Waals surface area contributed by atoms with Gasteiger partial charge in [-0.1, -0.05) is 39.3 Å². The van der Waals surface area contributed by atoms with Crippen molar-refractivity contribution in [2.75, 3.05) is 0 Å². The van der Waals surface area contributed by atoms with Gasteiger partial charge in [0.05, 0.1) is 0 Å². The van der Waals surface area contributed by atoms with E-state index in [4.69, 9.17) is 4.63 Å². The lowest BCUT2D eigenvalue weighted by Crippen LogP contribution is -2.20. The number of nitrogens with zero attached hydrogens (tertiary/aromatic N) is 2. The first kappa shape index (κ1) is 11.1. The summed E-state index contributed by atoms with van der Waals surface area (Å²) in [6, 6.07) is 6.12. The van der Waals surface area contributed by atoms with Gasteiger partial charge in [-0.05, 0) is 40.2 Å². The summed E-state index contributed by atoms with van der Waals surface area (Å²) in [7, 11) is 0. The van der Waals surface area contributed by atoms with Crippen molar-refractivity contribution in [3.05, 3.63) is 23.8 Å². The van der Waals surface area contributed by atoms with E-state index in [1.807, 2.05) is 12.1 Å². The molecule has 3 heteroatoms. The molecule has 1 aromatic heterocycles. The molecule has 0 amide bonds. The summed E-state index contributed by atoms with van der Waals surface area (Å²) >= 11 is 0. The third kappa shape index (κ3) is 1.70. The molecule has 0 aliphatic carbocycles. The highest BCUT2D eigenvalue weighted by atomic mass is 16.6.